The third-order valence-corrected chi connectivity index (χ3v) is 1.50. The fraction of sp³-hybridized carbons (Fsp3) is 1.00. The number of nitrogens with one attached hydrogen (secondary N) is 1. The summed E-state index contributed by atoms with van der Waals surface area (Å²) in [5.41, 5.74) is 7.62. The van der Waals surface area contributed by atoms with Gasteiger partial charge in [-0.25, -0.2) is 0 Å². The van der Waals surface area contributed by atoms with E-state index in [2.05, 4.69) is 10.1 Å². The van der Waals surface area contributed by atoms with Crippen molar-refractivity contribution in [2.45, 2.75) is 13.3 Å². The van der Waals surface area contributed by atoms with E-state index in [0.29, 0.717) is 26.1 Å². The van der Waals surface area contributed by atoms with E-state index in [1.807, 2.05) is 6.92 Å². The Balaban J connectivity index is 3.09. The Morgan fingerprint density at radius 1 is 1.64 bits per heavy atom. The minimum Gasteiger partial charge on any atom is -0.330 e. The quantitative estimate of drug-likeness (QED) is 0.341. The molecule has 0 bridgehead atoms. The zero-order valence-electron chi connectivity index (χ0n) is 6.58. The minimum atomic E-state index is -2.01. The zero-order valence-corrected chi connectivity index (χ0v) is 7.47. The molecule has 0 aromatic heterocycles. The van der Waals surface area contributed by atoms with Gasteiger partial charge in [0.15, 0.2) is 0 Å². The summed E-state index contributed by atoms with van der Waals surface area (Å²) in [6, 6.07) is 0. The van der Waals surface area contributed by atoms with Gasteiger partial charge in [0.2, 0.25) is 0 Å². The van der Waals surface area contributed by atoms with E-state index in [4.69, 9.17) is 10.3 Å². The van der Waals surface area contributed by atoms with Crippen LogP contribution in [-0.4, -0.2) is 19.7 Å². The molecule has 0 spiro atoms. The van der Waals surface area contributed by atoms with Gasteiger partial charge in [0.25, 0.3) is 0 Å². The summed E-state index contributed by atoms with van der Waals surface area (Å²) < 4.78 is 19.9. The molecule has 0 saturated carbocycles. The molecule has 0 fully saturated rings. The standard InChI is InChI=1S/C5H14N2O3P/c1-2-7-10-11(8)9-5-3-4-6/h7H,2-6H2,1H3/q+1. The van der Waals surface area contributed by atoms with Crippen LogP contribution in [-0.2, 0) is 13.7 Å². The fourth-order valence-electron chi connectivity index (χ4n) is 0.366. The Labute approximate surface area is 67.1 Å². The summed E-state index contributed by atoms with van der Waals surface area (Å²) in [6.45, 7) is 3.34. The zero-order chi connectivity index (χ0) is 8.53. The molecule has 0 heterocycles. The third kappa shape index (κ3) is 7.84. The first kappa shape index (κ1) is 10.9. The lowest BCUT2D eigenvalue weighted by Gasteiger charge is -1.89. The van der Waals surface area contributed by atoms with Gasteiger partial charge in [-0.05, 0) is 17.6 Å². The molecule has 1 unspecified atom stereocenters. The molecule has 66 valence electrons. The molecular weight excluding hydrogens is 167 g/mol. The molecule has 0 aromatic rings. The van der Waals surface area contributed by atoms with Gasteiger partial charge in [0.05, 0.1) is 0 Å². The van der Waals surface area contributed by atoms with Crippen LogP contribution in [0.2, 0.25) is 0 Å². The second kappa shape index (κ2) is 8.04. The van der Waals surface area contributed by atoms with Gasteiger partial charge in [-0.2, -0.15) is 0 Å². The summed E-state index contributed by atoms with van der Waals surface area (Å²) in [7, 11) is -2.01. The van der Waals surface area contributed by atoms with Gasteiger partial charge in [-0.15, -0.1) is 10.0 Å². The van der Waals surface area contributed by atoms with E-state index in [9.17, 15) is 4.57 Å². The molecule has 0 aliphatic heterocycles. The Kier molecular flexibility index (Phi) is 8.00. The smallest absolute Gasteiger partial charge is 0.330 e. The topological polar surface area (TPSA) is 73.6 Å². The summed E-state index contributed by atoms with van der Waals surface area (Å²) in [5, 5.41) is 0. The average Bonchev–Trinajstić information content (AvgIpc) is 2.01. The molecule has 1 atom stereocenters. The molecule has 11 heavy (non-hydrogen) atoms. The summed E-state index contributed by atoms with van der Waals surface area (Å²) in [4.78, 5) is 0. The number of nitrogens with two attached hydrogens (primary N) is 1. The Morgan fingerprint density at radius 2 is 2.36 bits per heavy atom. The van der Waals surface area contributed by atoms with E-state index in [1.54, 1.807) is 0 Å². The maximum atomic E-state index is 10.7. The monoisotopic (exact) mass is 181 g/mol. The van der Waals surface area contributed by atoms with E-state index in [0.717, 1.165) is 0 Å². The molecule has 3 N–H and O–H groups in total. The second-order valence-electron chi connectivity index (χ2n) is 1.79. The first-order valence-corrected chi connectivity index (χ1v) is 4.60. The summed E-state index contributed by atoms with van der Waals surface area (Å²) in [5.74, 6) is 0. The van der Waals surface area contributed by atoms with Crippen LogP contribution >= 0.6 is 8.25 Å². The van der Waals surface area contributed by atoms with Gasteiger partial charge >= 0.3 is 8.25 Å². The molecule has 0 radical (unpaired) electrons. The molecule has 0 rings (SSSR count). The average molecular weight is 181 g/mol. The Bertz CT molecular complexity index is 112. The first-order chi connectivity index (χ1) is 5.31. The van der Waals surface area contributed by atoms with Crippen molar-refractivity contribution in [1.29, 1.82) is 0 Å². The van der Waals surface area contributed by atoms with Crippen molar-refractivity contribution in [3.05, 3.63) is 0 Å². The normalized spacial score (nSPS) is 11.6. The van der Waals surface area contributed by atoms with Crippen LogP contribution < -0.4 is 11.2 Å². The van der Waals surface area contributed by atoms with Crippen LogP contribution in [0, 0.1) is 0 Å². The number of hydrogen-bond donors (Lipinski definition) is 2. The molecule has 0 aliphatic rings. The predicted octanol–water partition coefficient (Wildman–Crippen LogP) is 0.550. The number of rotatable bonds is 7. The summed E-state index contributed by atoms with van der Waals surface area (Å²) >= 11 is 0. The van der Waals surface area contributed by atoms with Crippen LogP contribution in [0.3, 0.4) is 0 Å². The first-order valence-electron chi connectivity index (χ1n) is 3.51. The summed E-state index contributed by atoms with van der Waals surface area (Å²) in [6.07, 6.45) is 0.691. The minimum absolute atomic E-state index is 0.372. The highest BCUT2D eigenvalue weighted by Crippen LogP contribution is 2.21. The molecule has 0 amide bonds. The van der Waals surface area contributed by atoms with Gasteiger partial charge in [0, 0.05) is 11.1 Å². The largest absolute Gasteiger partial charge is 0.716 e. The number of hydrogen-bond acceptors (Lipinski definition) is 5. The van der Waals surface area contributed by atoms with Gasteiger partial charge in [-0.3, -0.25) is 0 Å². The number of hydroxylamine groups is 1. The fourth-order valence-corrected chi connectivity index (χ4v) is 0.931. The van der Waals surface area contributed by atoms with Gasteiger partial charge in [0.1, 0.15) is 6.61 Å². The molecular formula is C5H14N2O3P+. The van der Waals surface area contributed by atoms with Crippen molar-refractivity contribution in [1.82, 2.24) is 5.48 Å². The molecule has 6 heteroatoms. The molecule has 5 nitrogen and oxygen atoms in total. The Morgan fingerprint density at radius 3 is 2.91 bits per heavy atom. The predicted molar refractivity (Wildman–Crippen MR) is 42.0 cm³/mol. The van der Waals surface area contributed by atoms with Crippen molar-refractivity contribution < 1.29 is 13.7 Å². The van der Waals surface area contributed by atoms with Crippen LogP contribution in [0.5, 0.6) is 0 Å². The van der Waals surface area contributed by atoms with Crippen molar-refractivity contribution in [3.8, 4) is 0 Å². The van der Waals surface area contributed by atoms with Crippen LogP contribution in [0.4, 0.5) is 0 Å². The van der Waals surface area contributed by atoms with Crippen molar-refractivity contribution in [3.63, 3.8) is 0 Å². The van der Waals surface area contributed by atoms with E-state index in [1.165, 1.54) is 0 Å². The van der Waals surface area contributed by atoms with Crippen molar-refractivity contribution in [2.24, 2.45) is 5.73 Å². The highest BCUT2D eigenvalue weighted by Gasteiger charge is 2.18. The van der Waals surface area contributed by atoms with Crippen LogP contribution in [0.15, 0.2) is 0 Å². The highest BCUT2D eigenvalue weighted by atomic mass is 31.1. The van der Waals surface area contributed by atoms with E-state index < -0.39 is 8.25 Å². The molecule has 0 aliphatic carbocycles. The van der Waals surface area contributed by atoms with Crippen LogP contribution in [0.1, 0.15) is 13.3 Å². The van der Waals surface area contributed by atoms with E-state index >= 15 is 0 Å². The van der Waals surface area contributed by atoms with Gasteiger partial charge in [-0.1, -0.05) is 6.92 Å². The molecule has 0 aromatic carbocycles. The lowest BCUT2D eigenvalue weighted by molar-refractivity contribution is 0.160. The third-order valence-electron chi connectivity index (χ3n) is 0.829. The van der Waals surface area contributed by atoms with E-state index in [-0.39, 0.29) is 0 Å². The van der Waals surface area contributed by atoms with Crippen LogP contribution in [0.25, 0.3) is 0 Å². The molecule has 0 saturated heterocycles. The highest BCUT2D eigenvalue weighted by molar-refractivity contribution is 7.33. The Hall–Kier alpha value is -0.0600. The SMILES string of the molecule is CCNO[P+](=O)OCCCN. The maximum Gasteiger partial charge on any atom is 0.716 e. The van der Waals surface area contributed by atoms with Crippen molar-refractivity contribution in [2.75, 3.05) is 19.7 Å². The maximum absolute atomic E-state index is 10.7. The van der Waals surface area contributed by atoms with Gasteiger partial charge < -0.3 is 5.73 Å². The lowest BCUT2D eigenvalue weighted by atomic mass is 10.5. The second-order valence-corrected chi connectivity index (χ2v) is 2.68. The lowest BCUT2D eigenvalue weighted by Crippen LogP contribution is -2.09. The van der Waals surface area contributed by atoms with Crippen molar-refractivity contribution >= 4 is 8.25 Å².